The normalized spacial score (nSPS) is 10.8. The third-order valence-electron chi connectivity index (χ3n) is 3.50. The van der Waals surface area contributed by atoms with Crippen LogP contribution in [0.2, 0.25) is 0 Å². The van der Waals surface area contributed by atoms with Gasteiger partial charge in [0.25, 0.3) is 0 Å². The van der Waals surface area contributed by atoms with Gasteiger partial charge in [0.05, 0.1) is 5.69 Å². The number of rotatable bonds is 6. The van der Waals surface area contributed by atoms with E-state index in [2.05, 4.69) is 25.5 Å². The molecular formula is C17H15F2N5O2. The molecule has 0 atom stereocenters. The average molecular weight is 359 g/mol. The van der Waals surface area contributed by atoms with Gasteiger partial charge in [-0.15, -0.1) is 10.2 Å². The monoisotopic (exact) mass is 359 g/mol. The number of nitrogens with one attached hydrogen (secondary N) is 1. The van der Waals surface area contributed by atoms with Crippen LogP contribution in [-0.2, 0) is 11.3 Å². The van der Waals surface area contributed by atoms with Crippen molar-refractivity contribution in [2.75, 3.05) is 5.32 Å². The first-order chi connectivity index (χ1) is 12.5. The van der Waals surface area contributed by atoms with Gasteiger partial charge in [-0.25, -0.2) is 0 Å². The lowest BCUT2D eigenvalue weighted by atomic mass is 10.1. The number of carbonyl (C=O) groups is 1. The molecule has 1 aromatic heterocycles. The fourth-order valence-electron chi connectivity index (χ4n) is 2.33. The van der Waals surface area contributed by atoms with E-state index in [9.17, 15) is 13.6 Å². The fraction of sp³-hybridized carbons (Fsp3) is 0.176. The zero-order valence-corrected chi connectivity index (χ0v) is 13.8. The Morgan fingerprint density at radius 1 is 1.19 bits per heavy atom. The maximum absolute atomic E-state index is 12.4. The van der Waals surface area contributed by atoms with Gasteiger partial charge < -0.3 is 10.1 Å². The Morgan fingerprint density at radius 2 is 1.92 bits per heavy atom. The van der Waals surface area contributed by atoms with Crippen LogP contribution < -0.4 is 10.1 Å². The number of tetrazole rings is 1. The number of para-hydroxylation sites is 2. The molecule has 0 radical (unpaired) electrons. The Labute approximate surface area is 147 Å². The number of hydrogen-bond donors (Lipinski definition) is 1. The molecule has 1 amide bonds. The van der Waals surface area contributed by atoms with Gasteiger partial charge in [-0.2, -0.15) is 13.6 Å². The molecule has 0 saturated carbocycles. The van der Waals surface area contributed by atoms with Crippen LogP contribution in [0.1, 0.15) is 5.56 Å². The Balaban J connectivity index is 1.69. The fourth-order valence-corrected chi connectivity index (χ4v) is 2.33. The van der Waals surface area contributed by atoms with E-state index >= 15 is 0 Å². The van der Waals surface area contributed by atoms with Crippen LogP contribution in [0.15, 0.2) is 48.5 Å². The highest BCUT2D eigenvalue weighted by molar-refractivity contribution is 5.92. The van der Waals surface area contributed by atoms with Gasteiger partial charge >= 0.3 is 6.61 Å². The molecule has 1 heterocycles. The molecule has 0 bridgehead atoms. The molecule has 0 saturated heterocycles. The first kappa shape index (κ1) is 17.5. The molecule has 9 heteroatoms. The lowest BCUT2D eigenvalue weighted by molar-refractivity contribution is -0.117. The summed E-state index contributed by atoms with van der Waals surface area (Å²) in [6.45, 7) is -1.29. The summed E-state index contributed by atoms with van der Waals surface area (Å²) in [6, 6.07) is 13.5. The number of aryl methyl sites for hydroxylation is 1. The number of benzene rings is 2. The summed E-state index contributed by atoms with van der Waals surface area (Å²) in [5, 5.41) is 14.5. The van der Waals surface area contributed by atoms with Crippen molar-refractivity contribution in [3.05, 3.63) is 54.1 Å². The average Bonchev–Trinajstić information content (AvgIpc) is 3.04. The molecule has 0 spiro atoms. The molecule has 0 fully saturated rings. The summed E-state index contributed by atoms with van der Waals surface area (Å²) < 4.78 is 29.2. The van der Waals surface area contributed by atoms with E-state index in [4.69, 9.17) is 0 Å². The number of hydrogen-bond acceptors (Lipinski definition) is 5. The highest BCUT2D eigenvalue weighted by Gasteiger charge is 2.14. The molecule has 3 rings (SSSR count). The van der Waals surface area contributed by atoms with Gasteiger partial charge in [-0.3, -0.25) is 4.79 Å². The number of ether oxygens (including phenoxy) is 1. The Kier molecular flexibility index (Phi) is 5.16. The van der Waals surface area contributed by atoms with Crippen molar-refractivity contribution in [3.8, 4) is 17.1 Å². The molecule has 0 aliphatic heterocycles. The zero-order chi connectivity index (χ0) is 18.5. The first-order valence-electron chi connectivity index (χ1n) is 7.70. The quantitative estimate of drug-likeness (QED) is 0.732. The zero-order valence-electron chi connectivity index (χ0n) is 13.8. The molecule has 2 aromatic carbocycles. The van der Waals surface area contributed by atoms with Crippen molar-refractivity contribution in [1.82, 2.24) is 20.2 Å². The summed E-state index contributed by atoms with van der Waals surface area (Å²) in [6.07, 6.45) is 0. The molecule has 0 aliphatic rings. The summed E-state index contributed by atoms with van der Waals surface area (Å²) in [5.74, 6) is -0.218. The van der Waals surface area contributed by atoms with E-state index in [-0.39, 0.29) is 18.0 Å². The van der Waals surface area contributed by atoms with Crippen LogP contribution >= 0.6 is 0 Å². The smallest absolute Gasteiger partial charge is 0.387 e. The van der Waals surface area contributed by atoms with Crippen molar-refractivity contribution < 1.29 is 18.3 Å². The summed E-state index contributed by atoms with van der Waals surface area (Å²) >= 11 is 0. The van der Waals surface area contributed by atoms with E-state index in [1.807, 2.05) is 31.2 Å². The first-order valence-corrected chi connectivity index (χ1v) is 7.70. The van der Waals surface area contributed by atoms with Crippen LogP contribution in [-0.4, -0.2) is 32.7 Å². The van der Waals surface area contributed by atoms with Gasteiger partial charge in [0.2, 0.25) is 11.7 Å². The van der Waals surface area contributed by atoms with Gasteiger partial charge in [-0.05, 0) is 29.8 Å². The van der Waals surface area contributed by atoms with Crippen LogP contribution in [0.3, 0.4) is 0 Å². The molecule has 26 heavy (non-hydrogen) atoms. The van der Waals surface area contributed by atoms with E-state index in [1.165, 1.54) is 18.2 Å². The molecule has 1 N–H and O–H groups in total. The van der Waals surface area contributed by atoms with Crippen LogP contribution in [0, 0.1) is 6.92 Å². The highest BCUT2D eigenvalue weighted by atomic mass is 19.3. The summed E-state index contributed by atoms with van der Waals surface area (Å²) in [5.41, 5.74) is 1.93. The Morgan fingerprint density at radius 3 is 2.69 bits per heavy atom. The van der Waals surface area contributed by atoms with Gasteiger partial charge in [0.15, 0.2) is 0 Å². The topological polar surface area (TPSA) is 81.9 Å². The maximum Gasteiger partial charge on any atom is 0.387 e. The largest absolute Gasteiger partial charge is 0.433 e. The summed E-state index contributed by atoms with van der Waals surface area (Å²) in [7, 11) is 0. The van der Waals surface area contributed by atoms with E-state index in [0.29, 0.717) is 5.82 Å². The van der Waals surface area contributed by atoms with Crippen LogP contribution in [0.5, 0.6) is 5.75 Å². The lowest BCUT2D eigenvalue weighted by Gasteiger charge is -2.11. The number of amides is 1. The van der Waals surface area contributed by atoms with Crippen molar-refractivity contribution in [2.24, 2.45) is 0 Å². The van der Waals surface area contributed by atoms with E-state index in [1.54, 1.807) is 6.07 Å². The second-order valence-corrected chi connectivity index (χ2v) is 5.38. The Bertz CT molecular complexity index is 913. The standard InChI is InChI=1S/C17H15F2N5O2/c1-11-6-2-3-7-12(11)16-21-23-24(22-16)10-15(25)20-13-8-4-5-9-14(13)26-17(18)19/h2-9,17H,10H2,1H3,(H,20,25). The van der Waals surface area contributed by atoms with Crippen molar-refractivity contribution in [2.45, 2.75) is 20.1 Å². The molecule has 7 nitrogen and oxygen atoms in total. The second kappa shape index (κ2) is 7.68. The highest BCUT2D eigenvalue weighted by Crippen LogP contribution is 2.25. The molecule has 134 valence electrons. The number of alkyl halides is 2. The predicted octanol–water partition coefficient (Wildman–Crippen LogP) is 2.89. The van der Waals surface area contributed by atoms with Crippen LogP contribution in [0.25, 0.3) is 11.4 Å². The minimum atomic E-state index is -2.98. The molecule has 3 aromatic rings. The molecule has 0 unspecified atom stereocenters. The van der Waals surface area contributed by atoms with E-state index < -0.39 is 12.5 Å². The number of aromatic nitrogens is 4. The van der Waals surface area contributed by atoms with Crippen molar-refractivity contribution >= 4 is 11.6 Å². The SMILES string of the molecule is Cc1ccccc1-c1nnn(CC(=O)Nc2ccccc2OC(F)F)n1. The summed E-state index contributed by atoms with van der Waals surface area (Å²) in [4.78, 5) is 13.3. The third kappa shape index (κ3) is 4.18. The van der Waals surface area contributed by atoms with E-state index in [0.717, 1.165) is 15.9 Å². The second-order valence-electron chi connectivity index (χ2n) is 5.38. The number of nitrogens with zero attached hydrogens (tertiary/aromatic N) is 4. The van der Waals surface area contributed by atoms with Gasteiger partial charge in [-0.1, -0.05) is 36.4 Å². The lowest BCUT2D eigenvalue weighted by Crippen LogP contribution is -2.21. The minimum absolute atomic E-state index is 0.122. The minimum Gasteiger partial charge on any atom is -0.433 e. The number of carbonyl (C=O) groups excluding carboxylic acids is 1. The van der Waals surface area contributed by atoms with Crippen molar-refractivity contribution in [3.63, 3.8) is 0 Å². The van der Waals surface area contributed by atoms with Crippen molar-refractivity contribution in [1.29, 1.82) is 0 Å². The third-order valence-corrected chi connectivity index (χ3v) is 3.50. The predicted molar refractivity (Wildman–Crippen MR) is 89.7 cm³/mol. The van der Waals surface area contributed by atoms with Gasteiger partial charge in [0, 0.05) is 5.56 Å². The maximum atomic E-state index is 12.4. The Hall–Kier alpha value is -3.36. The number of anilines is 1. The molecule has 0 aliphatic carbocycles. The van der Waals surface area contributed by atoms with Gasteiger partial charge in [0.1, 0.15) is 12.3 Å². The molecular weight excluding hydrogens is 344 g/mol. The van der Waals surface area contributed by atoms with Crippen LogP contribution in [0.4, 0.5) is 14.5 Å². The number of halogens is 2.